The second-order valence-corrected chi connectivity index (χ2v) is 3.51. The van der Waals surface area contributed by atoms with Gasteiger partial charge in [0.15, 0.2) is 0 Å². The number of anilines is 1. The largest absolute Gasteiger partial charge is 0.390 e. The standard InChI is InChI=1S/C7H8BrF2N3O/c8-5-1-11-6(12-2-5)13-3-7(9,10)4-14/h1-2,14H,3-4H2,(H,11,12,13). The molecule has 0 fully saturated rings. The molecule has 1 aromatic rings. The predicted octanol–water partition coefficient (Wildman–Crippen LogP) is 1.28. The van der Waals surface area contributed by atoms with Gasteiger partial charge in [-0.25, -0.2) is 18.7 Å². The maximum Gasteiger partial charge on any atom is 0.287 e. The molecule has 0 aliphatic rings. The first-order valence-corrected chi connectivity index (χ1v) is 4.53. The summed E-state index contributed by atoms with van der Waals surface area (Å²) in [4.78, 5) is 7.46. The summed E-state index contributed by atoms with van der Waals surface area (Å²) in [6.07, 6.45) is 2.87. The normalized spacial score (nSPS) is 11.4. The van der Waals surface area contributed by atoms with Crippen LogP contribution in [0.4, 0.5) is 14.7 Å². The minimum absolute atomic E-state index is 0.0984. The molecule has 1 rings (SSSR count). The van der Waals surface area contributed by atoms with Crippen LogP contribution in [0.15, 0.2) is 16.9 Å². The third kappa shape index (κ3) is 3.51. The number of nitrogens with one attached hydrogen (secondary N) is 1. The molecule has 0 atom stereocenters. The van der Waals surface area contributed by atoms with Crippen molar-refractivity contribution in [3.05, 3.63) is 16.9 Å². The lowest BCUT2D eigenvalue weighted by Gasteiger charge is -2.13. The quantitative estimate of drug-likeness (QED) is 0.863. The van der Waals surface area contributed by atoms with Crippen LogP contribution in [-0.2, 0) is 0 Å². The first-order chi connectivity index (χ1) is 6.53. The summed E-state index contributed by atoms with van der Waals surface area (Å²) in [5.74, 6) is -3.06. The van der Waals surface area contributed by atoms with Gasteiger partial charge in [-0.1, -0.05) is 0 Å². The van der Waals surface area contributed by atoms with E-state index in [1.54, 1.807) is 0 Å². The first-order valence-electron chi connectivity index (χ1n) is 3.73. The average Bonchev–Trinajstić information content (AvgIpc) is 2.17. The molecule has 0 saturated heterocycles. The molecular weight excluding hydrogens is 260 g/mol. The Labute approximate surface area is 87.5 Å². The van der Waals surface area contributed by atoms with Crippen LogP contribution >= 0.6 is 15.9 Å². The maximum atomic E-state index is 12.5. The van der Waals surface area contributed by atoms with Crippen LogP contribution in [0, 0.1) is 0 Å². The molecule has 0 spiro atoms. The molecule has 0 radical (unpaired) electrons. The van der Waals surface area contributed by atoms with E-state index in [0.717, 1.165) is 0 Å². The van der Waals surface area contributed by atoms with Gasteiger partial charge in [-0.2, -0.15) is 0 Å². The fourth-order valence-electron chi connectivity index (χ4n) is 0.668. The van der Waals surface area contributed by atoms with Crippen molar-refractivity contribution < 1.29 is 13.9 Å². The summed E-state index contributed by atoms with van der Waals surface area (Å²) < 4.78 is 25.7. The number of alkyl halides is 2. The van der Waals surface area contributed by atoms with Crippen LogP contribution in [0.5, 0.6) is 0 Å². The molecule has 14 heavy (non-hydrogen) atoms. The number of aliphatic hydroxyl groups excluding tert-OH is 1. The Morgan fingerprint density at radius 3 is 2.50 bits per heavy atom. The number of aromatic nitrogens is 2. The minimum Gasteiger partial charge on any atom is -0.390 e. The summed E-state index contributed by atoms with van der Waals surface area (Å²) in [7, 11) is 0. The summed E-state index contributed by atoms with van der Waals surface area (Å²) in [5.41, 5.74) is 0. The zero-order valence-electron chi connectivity index (χ0n) is 7.04. The fourth-order valence-corrected chi connectivity index (χ4v) is 0.873. The predicted molar refractivity (Wildman–Crippen MR) is 50.3 cm³/mol. The Morgan fingerprint density at radius 1 is 1.43 bits per heavy atom. The highest BCUT2D eigenvalue weighted by atomic mass is 79.9. The molecule has 0 aliphatic heterocycles. The average molecular weight is 268 g/mol. The molecule has 4 nitrogen and oxygen atoms in total. The van der Waals surface area contributed by atoms with E-state index < -0.39 is 19.1 Å². The molecule has 0 aliphatic carbocycles. The third-order valence-corrected chi connectivity index (χ3v) is 1.77. The summed E-state index contributed by atoms with van der Waals surface area (Å²) >= 11 is 3.11. The van der Waals surface area contributed by atoms with Gasteiger partial charge in [-0.15, -0.1) is 0 Å². The SMILES string of the molecule is OCC(F)(F)CNc1ncc(Br)cn1. The van der Waals surface area contributed by atoms with Crippen molar-refractivity contribution in [3.8, 4) is 0 Å². The van der Waals surface area contributed by atoms with Crippen molar-refractivity contribution in [2.75, 3.05) is 18.5 Å². The van der Waals surface area contributed by atoms with Crippen LogP contribution in [-0.4, -0.2) is 34.1 Å². The van der Waals surface area contributed by atoms with Crippen molar-refractivity contribution in [2.24, 2.45) is 0 Å². The molecule has 1 heterocycles. The van der Waals surface area contributed by atoms with Crippen molar-refractivity contribution in [1.29, 1.82) is 0 Å². The van der Waals surface area contributed by atoms with Gasteiger partial charge in [0.25, 0.3) is 5.92 Å². The van der Waals surface area contributed by atoms with E-state index in [0.29, 0.717) is 4.47 Å². The lowest BCUT2D eigenvalue weighted by atomic mass is 10.3. The Bertz CT molecular complexity index is 293. The summed E-state index contributed by atoms with van der Waals surface area (Å²) in [5, 5.41) is 10.6. The highest BCUT2D eigenvalue weighted by Gasteiger charge is 2.27. The van der Waals surface area contributed by atoms with Crippen LogP contribution in [0.1, 0.15) is 0 Å². The molecule has 0 saturated carbocycles. The number of halogens is 3. The highest BCUT2D eigenvalue weighted by Crippen LogP contribution is 2.13. The van der Waals surface area contributed by atoms with E-state index in [1.165, 1.54) is 12.4 Å². The van der Waals surface area contributed by atoms with Gasteiger partial charge in [-0.05, 0) is 15.9 Å². The lowest BCUT2D eigenvalue weighted by molar-refractivity contribution is -0.0374. The van der Waals surface area contributed by atoms with E-state index in [9.17, 15) is 8.78 Å². The van der Waals surface area contributed by atoms with Gasteiger partial charge in [0, 0.05) is 12.4 Å². The Morgan fingerprint density at radius 2 is 2.00 bits per heavy atom. The monoisotopic (exact) mass is 267 g/mol. The Balaban J connectivity index is 2.50. The number of nitrogens with zero attached hydrogens (tertiary/aromatic N) is 2. The van der Waals surface area contributed by atoms with Crippen LogP contribution < -0.4 is 5.32 Å². The first kappa shape index (κ1) is 11.3. The second kappa shape index (κ2) is 4.61. The molecule has 0 bridgehead atoms. The van der Waals surface area contributed by atoms with E-state index in [4.69, 9.17) is 5.11 Å². The zero-order valence-corrected chi connectivity index (χ0v) is 8.63. The Hall–Kier alpha value is -0.820. The molecule has 0 amide bonds. The number of rotatable bonds is 4. The number of hydrogen-bond acceptors (Lipinski definition) is 4. The van der Waals surface area contributed by atoms with Crippen LogP contribution in [0.25, 0.3) is 0 Å². The molecule has 0 aromatic carbocycles. The van der Waals surface area contributed by atoms with Crippen molar-refractivity contribution in [3.63, 3.8) is 0 Å². The highest BCUT2D eigenvalue weighted by molar-refractivity contribution is 9.10. The molecular formula is C7H8BrF2N3O. The lowest BCUT2D eigenvalue weighted by Crippen LogP contribution is -2.31. The summed E-state index contributed by atoms with van der Waals surface area (Å²) in [6.45, 7) is -1.89. The van der Waals surface area contributed by atoms with Gasteiger partial charge >= 0.3 is 0 Å². The van der Waals surface area contributed by atoms with Crippen molar-refractivity contribution in [2.45, 2.75) is 5.92 Å². The smallest absolute Gasteiger partial charge is 0.287 e. The van der Waals surface area contributed by atoms with Crippen LogP contribution in [0.3, 0.4) is 0 Å². The number of aliphatic hydroxyl groups is 1. The van der Waals surface area contributed by atoms with Gasteiger partial charge in [0.1, 0.15) is 6.61 Å². The van der Waals surface area contributed by atoms with Crippen molar-refractivity contribution >= 4 is 21.9 Å². The topological polar surface area (TPSA) is 58.0 Å². The van der Waals surface area contributed by atoms with Gasteiger partial charge < -0.3 is 10.4 Å². The maximum absolute atomic E-state index is 12.5. The van der Waals surface area contributed by atoms with Crippen LogP contribution in [0.2, 0.25) is 0 Å². The molecule has 0 unspecified atom stereocenters. The molecule has 1 aromatic heterocycles. The van der Waals surface area contributed by atoms with Gasteiger partial charge in [0.2, 0.25) is 5.95 Å². The number of hydrogen-bond donors (Lipinski definition) is 2. The van der Waals surface area contributed by atoms with Gasteiger partial charge in [0.05, 0.1) is 11.0 Å². The third-order valence-electron chi connectivity index (χ3n) is 1.36. The van der Waals surface area contributed by atoms with Crippen molar-refractivity contribution in [1.82, 2.24) is 9.97 Å². The summed E-state index contributed by atoms with van der Waals surface area (Å²) in [6, 6.07) is 0. The van der Waals surface area contributed by atoms with E-state index in [-0.39, 0.29) is 5.95 Å². The van der Waals surface area contributed by atoms with E-state index >= 15 is 0 Å². The van der Waals surface area contributed by atoms with E-state index in [1.807, 2.05) is 0 Å². The van der Waals surface area contributed by atoms with Gasteiger partial charge in [-0.3, -0.25) is 0 Å². The molecule has 78 valence electrons. The Kier molecular flexibility index (Phi) is 3.70. The molecule has 7 heteroatoms. The minimum atomic E-state index is -3.16. The fraction of sp³-hybridized carbons (Fsp3) is 0.429. The second-order valence-electron chi connectivity index (χ2n) is 2.59. The zero-order chi connectivity index (χ0) is 10.6. The molecule has 2 N–H and O–H groups in total. The van der Waals surface area contributed by atoms with E-state index in [2.05, 4.69) is 31.2 Å².